The van der Waals surface area contributed by atoms with Crippen molar-refractivity contribution in [3.63, 3.8) is 0 Å². The standard InChI is InChI=1S/C22H25N9/c1-13-14(4-8-25-20(13)24)18-15-2-3-17(27-21(15)29-28-18)30-10-6-22(7-11-30)12-31-16(19(22)23)5-9-26-31/h2-5,8-9,19H,6-7,10-12,23H2,1H3,(H2,24,25)(H,27,28,29)/t19-/m1/s1. The fourth-order valence-electron chi connectivity index (χ4n) is 5.19. The van der Waals surface area contributed by atoms with Crippen LogP contribution >= 0.6 is 0 Å². The largest absolute Gasteiger partial charge is 0.383 e. The first-order valence-corrected chi connectivity index (χ1v) is 10.6. The van der Waals surface area contributed by atoms with E-state index in [1.165, 1.54) is 0 Å². The highest BCUT2D eigenvalue weighted by Crippen LogP contribution is 2.48. The number of hydrogen-bond acceptors (Lipinski definition) is 7. The molecule has 4 aromatic heterocycles. The number of piperidine rings is 1. The van der Waals surface area contributed by atoms with Gasteiger partial charge < -0.3 is 16.4 Å². The Balaban J connectivity index is 1.25. The van der Waals surface area contributed by atoms with Gasteiger partial charge >= 0.3 is 0 Å². The Hall–Kier alpha value is -3.46. The maximum absolute atomic E-state index is 6.62. The minimum atomic E-state index is 0.0533. The van der Waals surface area contributed by atoms with E-state index in [0.717, 1.165) is 66.2 Å². The molecule has 0 aromatic carbocycles. The van der Waals surface area contributed by atoms with E-state index in [1.54, 1.807) is 6.20 Å². The van der Waals surface area contributed by atoms with E-state index < -0.39 is 0 Å². The van der Waals surface area contributed by atoms with Gasteiger partial charge in [-0.15, -0.1) is 0 Å². The number of nitrogen functional groups attached to an aromatic ring is 1. The topological polar surface area (TPSA) is 128 Å². The summed E-state index contributed by atoms with van der Waals surface area (Å²) in [6.07, 6.45) is 5.61. The Morgan fingerprint density at radius 3 is 2.77 bits per heavy atom. The lowest BCUT2D eigenvalue weighted by atomic mass is 9.73. The monoisotopic (exact) mass is 415 g/mol. The molecule has 1 spiro atoms. The summed E-state index contributed by atoms with van der Waals surface area (Å²) in [5, 5.41) is 13.0. The van der Waals surface area contributed by atoms with Gasteiger partial charge in [0, 0.05) is 54.0 Å². The average Bonchev–Trinajstić information content (AvgIpc) is 3.47. The molecule has 0 saturated carbocycles. The van der Waals surface area contributed by atoms with Crippen LogP contribution in [0.4, 0.5) is 11.6 Å². The third-order valence-corrected chi connectivity index (χ3v) is 7.19. The van der Waals surface area contributed by atoms with Crippen LogP contribution in [0, 0.1) is 12.3 Å². The van der Waals surface area contributed by atoms with E-state index in [1.807, 2.05) is 19.2 Å². The predicted octanol–water partition coefficient (Wildman–Crippen LogP) is 2.41. The average molecular weight is 416 g/mol. The van der Waals surface area contributed by atoms with Crippen LogP contribution in [0.1, 0.15) is 30.1 Å². The van der Waals surface area contributed by atoms with Gasteiger partial charge in [0.05, 0.1) is 17.4 Å². The van der Waals surface area contributed by atoms with Crippen molar-refractivity contribution in [2.24, 2.45) is 11.1 Å². The van der Waals surface area contributed by atoms with Gasteiger partial charge in [0.2, 0.25) is 0 Å². The molecular weight excluding hydrogens is 390 g/mol. The van der Waals surface area contributed by atoms with Crippen LogP contribution in [-0.2, 0) is 6.54 Å². The Kier molecular flexibility index (Phi) is 3.85. The number of anilines is 2. The van der Waals surface area contributed by atoms with Crippen molar-refractivity contribution in [2.45, 2.75) is 32.4 Å². The lowest BCUT2D eigenvalue weighted by Crippen LogP contribution is -2.44. The van der Waals surface area contributed by atoms with Crippen molar-refractivity contribution < 1.29 is 0 Å². The van der Waals surface area contributed by atoms with Crippen molar-refractivity contribution in [1.82, 2.24) is 29.9 Å². The summed E-state index contributed by atoms with van der Waals surface area (Å²) in [6, 6.07) is 8.23. The summed E-state index contributed by atoms with van der Waals surface area (Å²) in [6.45, 7) is 4.73. The number of nitrogens with zero attached hydrogens (tertiary/aromatic N) is 6. The third kappa shape index (κ3) is 2.66. The molecule has 9 heteroatoms. The Labute approximate surface area is 179 Å². The second-order valence-corrected chi connectivity index (χ2v) is 8.75. The minimum Gasteiger partial charge on any atom is -0.383 e. The van der Waals surface area contributed by atoms with E-state index in [9.17, 15) is 0 Å². The van der Waals surface area contributed by atoms with E-state index in [2.05, 4.69) is 48.1 Å². The van der Waals surface area contributed by atoms with Crippen molar-refractivity contribution in [2.75, 3.05) is 23.7 Å². The number of rotatable bonds is 2. The molecule has 9 nitrogen and oxygen atoms in total. The molecular formula is C22H25N9. The van der Waals surface area contributed by atoms with Gasteiger partial charge in [0.15, 0.2) is 5.65 Å². The van der Waals surface area contributed by atoms with Gasteiger partial charge in [-0.25, -0.2) is 9.97 Å². The fourth-order valence-corrected chi connectivity index (χ4v) is 5.19. The SMILES string of the molecule is Cc1c(-c2[nH]nc3nc(N4CCC5(CC4)Cn4nccc4[C@H]5N)ccc23)ccnc1N. The summed E-state index contributed by atoms with van der Waals surface area (Å²) in [7, 11) is 0. The van der Waals surface area contributed by atoms with E-state index >= 15 is 0 Å². The highest BCUT2D eigenvalue weighted by atomic mass is 15.3. The quantitative estimate of drug-likeness (QED) is 0.459. The second-order valence-electron chi connectivity index (χ2n) is 8.75. The zero-order valence-electron chi connectivity index (χ0n) is 17.4. The Morgan fingerprint density at radius 1 is 1.13 bits per heavy atom. The number of pyridine rings is 2. The molecule has 4 aromatic rings. The molecule has 6 heterocycles. The number of nitrogens with two attached hydrogens (primary N) is 2. The van der Waals surface area contributed by atoms with Crippen LogP contribution in [0.3, 0.4) is 0 Å². The molecule has 2 aliphatic rings. The molecule has 158 valence electrons. The van der Waals surface area contributed by atoms with Gasteiger partial charge in [-0.1, -0.05) is 0 Å². The van der Waals surface area contributed by atoms with Crippen LogP contribution in [0.2, 0.25) is 0 Å². The van der Waals surface area contributed by atoms with E-state index in [4.69, 9.17) is 16.5 Å². The Morgan fingerprint density at radius 2 is 1.97 bits per heavy atom. The van der Waals surface area contributed by atoms with Gasteiger partial charge in [0.25, 0.3) is 0 Å². The van der Waals surface area contributed by atoms with Crippen LogP contribution < -0.4 is 16.4 Å². The van der Waals surface area contributed by atoms with E-state index in [-0.39, 0.29) is 11.5 Å². The Bertz CT molecular complexity index is 1280. The fraction of sp³-hybridized carbons (Fsp3) is 0.364. The van der Waals surface area contributed by atoms with Crippen molar-refractivity contribution in [3.05, 3.63) is 47.9 Å². The van der Waals surface area contributed by atoms with Crippen molar-refractivity contribution in [1.29, 1.82) is 0 Å². The highest BCUT2D eigenvalue weighted by Gasteiger charge is 2.46. The zero-order valence-corrected chi connectivity index (χ0v) is 17.4. The van der Waals surface area contributed by atoms with Crippen molar-refractivity contribution in [3.8, 4) is 11.3 Å². The molecule has 0 amide bonds. The third-order valence-electron chi connectivity index (χ3n) is 7.19. The number of aromatic nitrogens is 6. The van der Waals surface area contributed by atoms with Gasteiger partial charge in [-0.3, -0.25) is 9.78 Å². The molecule has 6 rings (SSSR count). The van der Waals surface area contributed by atoms with Gasteiger partial charge in [-0.05, 0) is 44.0 Å². The molecule has 0 bridgehead atoms. The number of H-pyrrole nitrogens is 1. The number of nitrogens with one attached hydrogen (secondary N) is 1. The van der Waals surface area contributed by atoms with Crippen LogP contribution in [0.25, 0.3) is 22.3 Å². The zero-order chi connectivity index (χ0) is 21.2. The van der Waals surface area contributed by atoms with Crippen LogP contribution in [0.5, 0.6) is 0 Å². The molecule has 2 aliphatic heterocycles. The summed E-state index contributed by atoms with van der Waals surface area (Å²) in [5.41, 5.74) is 17.4. The number of aromatic amines is 1. The first-order valence-electron chi connectivity index (χ1n) is 10.6. The first kappa shape index (κ1) is 18.3. The lowest BCUT2D eigenvalue weighted by molar-refractivity contribution is 0.170. The summed E-state index contributed by atoms with van der Waals surface area (Å²) < 4.78 is 2.07. The van der Waals surface area contributed by atoms with Crippen LogP contribution in [-0.4, -0.2) is 43.0 Å². The molecule has 1 atom stereocenters. The molecule has 5 N–H and O–H groups in total. The summed E-state index contributed by atoms with van der Waals surface area (Å²) in [5.74, 6) is 1.48. The lowest BCUT2D eigenvalue weighted by Gasteiger charge is -2.41. The highest BCUT2D eigenvalue weighted by molar-refractivity contribution is 5.93. The maximum atomic E-state index is 6.62. The summed E-state index contributed by atoms with van der Waals surface area (Å²) in [4.78, 5) is 11.3. The normalized spacial score (nSPS) is 19.9. The van der Waals surface area contributed by atoms with Crippen molar-refractivity contribution >= 4 is 22.7 Å². The number of hydrogen-bond donors (Lipinski definition) is 3. The molecule has 0 unspecified atom stereocenters. The summed E-state index contributed by atoms with van der Waals surface area (Å²) >= 11 is 0. The van der Waals surface area contributed by atoms with Crippen LogP contribution in [0.15, 0.2) is 36.7 Å². The van der Waals surface area contributed by atoms with E-state index in [0.29, 0.717) is 11.5 Å². The van der Waals surface area contributed by atoms with Gasteiger partial charge in [0.1, 0.15) is 11.6 Å². The smallest absolute Gasteiger partial charge is 0.183 e. The first-order chi connectivity index (χ1) is 15.1. The molecule has 0 aliphatic carbocycles. The molecule has 1 saturated heterocycles. The minimum absolute atomic E-state index is 0.0533. The molecule has 31 heavy (non-hydrogen) atoms. The predicted molar refractivity (Wildman–Crippen MR) is 119 cm³/mol. The van der Waals surface area contributed by atoms with Gasteiger partial charge in [-0.2, -0.15) is 10.2 Å². The number of fused-ring (bicyclic) bond motifs is 2. The second kappa shape index (κ2) is 6.52. The molecule has 1 fully saturated rings. The molecule has 0 radical (unpaired) electrons. The maximum Gasteiger partial charge on any atom is 0.183 e.